The van der Waals surface area contributed by atoms with Gasteiger partial charge in [-0.25, -0.2) is 4.98 Å². The van der Waals surface area contributed by atoms with Gasteiger partial charge in [-0.15, -0.1) is 0 Å². The summed E-state index contributed by atoms with van der Waals surface area (Å²) in [4.78, 5) is 16.7. The van der Waals surface area contributed by atoms with Crippen molar-refractivity contribution in [3.63, 3.8) is 0 Å². The van der Waals surface area contributed by atoms with E-state index in [1.165, 1.54) is 0 Å². The van der Waals surface area contributed by atoms with Crippen molar-refractivity contribution in [1.82, 2.24) is 14.9 Å². The number of rotatable bonds is 4. The zero-order valence-electron chi connectivity index (χ0n) is 12.3. The van der Waals surface area contributed by atoms with Crippen molar-refractivity contribution in [2.45, 2.75) is 45.7 Å². The number of nitrogens with zero attached hydrogens (tertiary/aromatic N) is 2. The van der Waals surface area contributed by atoms with E-state index >= 15 is 0 Å². The molecule has 1 atom stereocenters. The van der Waals surface area contributed by atoms with Gasteiger partial charge in [-0.1, -0.05) is 12.1 Å². The molecule has 0 spiro atoms. The van der Waals surface area contributed by atoms with E-state index < -0.39 is 0 Å². The lowest BCUT2D eigenvalue weighted by atomic mass is 10.2. The molecular formula is C16H21N3O. The molecule has 1 aromatic heterocycles. The number of carbonyl (C=O) groups is 1. The van der Waals surface area contributed by atoms with Crippen LogP contribution in [0.15, 0.2) is 24.3 Å². The second-order valence-electron chi connectivity index (χ2n) is 5.93. The molecule has 0 radical (unpaired) electrons. The number of fused-ring (bicyclic) bond motifs is 1. The first-order chi connectivity index (χ1) is 9.58. The van der Waals surface area contributed by atoms with E-state index in [1.807, 2.05) is 25.1 Å². The molecule has 1 amide bonds. The minimum atomic E-state index is -0.0575. The Morgan fingerprint density at radius 1 is 1.30 bits per heavy atom. The molecule has 3 rings (SSSR count). The highest BCUT2D eigenvalue weighted by Crippen LogP contribution is 2.30. The van der Waals surface area contributed by atoms with Gasteiger partial charge in [0.2, 0.25) is 5.91 Å². The molecule has 1 saturated carbocycles. The molecular weight excluding hydrogens is 250 g/mol. The molecule has 4 nitrogen and oxygen atoms in total. The molecule has 0 aliphatic heterocycles. The zero-order chi connectivity index (χ0) is 14.3. The molecule has 4 heteroatoms. The molecule has 1 aliphatic rings. The van der Waals surface area contributed by atoms with Crippen LogP contribution in [-0.4, -0.2) is 15.5 Å². The van der Waals surface area contributed by atoms with E-state index in [0.29, 0.717) is 6.04 Å². The summed E-state index contributed by atoms with van der Waals surface area (Å²) in [6.07, 6.45) is 2.05. The molecule has 1 N–H and O–H groups in total. The van der Waals surface area contributed by atoms with Crippen LogP contribution >= 0.6 is 0 Å². The van der Waals surface area contributed by atoms with Crippen LogP contribution in [-0.2, 0) is 4.79 Å². The van der Waals surface area contributed by atoms with Crippen molar-refractivity contribution >= 4 is 16.9 Å². The molecule has 106 valence electrons. The van der Waals surface area contributed by atoms with Gasteiger partial charge in [0.25, 0.3) is 0 Å². The Labute approximate surface area is 119 Å². The summed E-state index contributed by atoms with van der Waals surface area (Å²) in [6, 6.07) is 8.39. The second-order valence-corrected chi connectivity index (χ2v) is 5.93. The van der Waals surface area contributed by atoms with Crippen molar-refractivity contribution in [1.29, 1.82) is 0 Å². The van der Waals surface area contributed by atoms with Crippen LogP contribution in [0.2, 0.25) is 0 Å². The van der Waals surface area contributed by atoms with Crippen molar-refractivity contribution in [2.75, 3.05) is 0 Å². The maximum atomic E-state index is 11.9. The molecule has 1 fully saturated rings. The van der Waals surface area contributed by atoms with Crippen LogP contribution < -0.4 is 5.32 Å². The van der Waals surface area contributed by atoms with Crippen LogP contribution in [0.25, 0.3) is 11.0 Å². The summed E-state index contributed by atoms with van der Waals surface area (Å²) in [5, 5.41) is 3.09. The number of nitrogens with one attached hydrogen (secondary N) is 1. The normalized spacial score (nSPS) is 16.6. The van der Waals surface area contributed by atoms with E-state index in [4.69, 9.17) is 4.98 Å². The first-order valence-electron chi connectivity index (χ1n) is 7.35. The average Bonchev–Trinajstić information content (AvgIpc) is 3.18. The minimum absolute atomic E-state index is 0.0575. The van der Waals surface area contributed by atoms with Crippen LogP contribution in [0.4, 0.5) is 0 Å². The monoisotopic (exact) mass is 271 g/mol. The highest BCUT2D eigenvalue weighted by atomic mass is 16.2. The van der Waals surface area contributed by atoms with E-state index in [9.17, 15) is 4.79 Å². The van der Waals surface area contributed by atoms with Crippen molar-refractivity contribution in [3.05, 3.63) is 30.1 Å². The van der Waals surface area contributed by atoms with Gasteiger partial charge < -0.3 is 9.88 Å². The Morgan fingerprint density at radius 2 is 2.00 bits per heavy atom. The largest absolute Gasteiger partial charge is 0.346 e. The molecule has 1 heterocycles. The molecule has 0 bridgehead atoms. The summed E-state index contributed by atoms with van der Waals surface area (Å²) in [6.45, 7) is 6.31. The Balaban J connectivity index is 1.96. The molecule has 1 aromatic carbocycles. The van der Waals surface area contributed by atoms with Gasteiger partial charge in [-0.3, -0.25) is 4.79 Å². The van der Waals surface area contributed by atoms with Gasteiger partial charge in [0, 0.05) is 12.0 Å². The molecule has 1 aliphatic carbocycles. The number of hydrogen-bond acceptors (Lipinski definition) is 2. The van der Waals surface area contributed by atoms with Gasteiger partial charge in [0.15, 0.2) is 0 Å². The van der Waals surface area contributed by atoms with Crippen molar-refractivity contribution in [2.24, 2.45) is 5.92 Å². The SMILES string of the molecule is CC(C)n1c([C@H](C)NC(=O)C2CC2)nc2ccccc21. The first-order valence-corrected chi connectivity index (χ1v) is 7.35. The molecule has 2 aromatic rings. The standard InChI is InChI=1S/C16H21N3O/c1-10(2)19-14-7-5-4-6-13(14)18-15(19)11(3)17-16(20)12-8-9-12/h4-7,10-12H,8-9H2,1-3H3,(H,17,20)/t11-/m0/s1. The molecule has 0 unspecified atom stereocenters. The van der Waals surface area contributed by atoms with Crippen LogP contribution in [0.1, 0.15) is 51.5 Å². The maximum absolute atomic E-state index is 11.9. The lowest BCUT2D eigenvalue weighted by molar-refractivity contribution is -0.123. The fraction of sp³-hybridized carbons (Fsp3) is 0.500. The number of benzene rings is 1. The van der Waals surface area contributed by atoms with Gasteiger partial charge in [0.1, 0.15) is 5.82 Å². The Morgan fingerprint density at radius 3 is 2.65 bits per heavy atom. The summed E-state index contributed by atoms with van der Waals surface area (Å²) in [5.74, 6) is 1.34. The number of hydrogen-bond donors (Lipinski definition) is 1. The van der Waals surface area contributed by atoms with E-state index in [-0.39, 0.29) is 17.9 Å². The summed E-state index contributed by atoms with van der Waals surface area (Å²) < 4.78 is 2.22. The number of para-hydroxylation sites is 2. The van der Waals surface area contributed by atoms with Crippen molar-refractivity contribution < 1.29 is 4.79 Å². The quantitative estimate of drug-likeness (QED) is 0.928. The summed E-state index contributed by atoms with van der Waals surface area (Å²) >= 11 is 0. The number of imidazole rings is 1. The first kappa shape index (κ1) is 13.2. The highest BCUT2D eigenvalue weighted by molar-refractivity contribution is 5.81. The summed E-state index contributed by atoms with van der Waals surface area (Å²) in [5.41, 5.74) is 2.12. The van der Waals surface area contributed by atoms with E-state index in [0.717, 1.165) is 29.7 Å². The lowest BCUT2D eigenvalue weighted by Gasteiger charge is -2.18. The van der Waals surface area contributed by atoms with E-state index in [2.05, 4.69) is 29.8 Å². The number of aromatic nitrogens is 2. The fourth-order valence-electron chi connectivity index (χ4n) is 2.65. The predicted octanol–water partition coefficient (Wildman–Crippen LogP) is 3.20. The maximum Gasteiger partial charge on any atom is 0.223 e. The van der Waals surface area contributed by atoms with Gasteiger partial charge in [0.05, 0.1) is 17.1 Å². The Bertz CT molecular complexity index is 640. The van der Waals surface area contributed by atoms with E-state index in [1.54, 1.807) is 0 Å². The topological polar surface area (TPSA) is 46.9 Å². The van der Waals surface area contributed by atoms with Crippen molar-refractivity contribution in [3.8, 4) is 0 Å². The fourth-order valence-corrected chi connectivity index (χ4v) is 2.65. The Kier molecular flexibility index (Phi) is 3.24. The number of amides is 1. The third-order valence-corrected chi connectivity index (χ3v) is 3.83. The van der Waals surface area contributed by atoms with Crippen LogP contribution in [0, 0.1) is 5.92 Å². The second kappa shape index (κ2) is 4.93. The van der Waals surface area contributed by atoms with Gasteiger partial charge >= 0.3 is 0 Å². The van der Waals surface area contributed by atoms with Gasteiger partial charge in [-0.05, 0) is 45.7 Å². The third-order valence-electron chi connectivity index (χ3n) is 3.83. The minimum Gasteiger partial charge on any atom is -0.346 e. The predicted molar refractivity (Wildman–Crippen MR) is 79.4 cm³/mol. The molecule has 0 saturated heterocycles. The van der Waals surface area contributed by atoms with Gasteiger partial charge in [-0.2, -0.15) is 0 Å². The Hall–Kier alpha value is -1.84. The third kappa shape index (κ3) is 2.30. The summed E-state index contributed by atoms with van der Waals surface area (Å²) in [7, 11) is 0. The average molecular weight is 271 g/mol. The lowest BCUT2D eigenvalue weighted by Crippen LogP contribution is -2.30. The number of carbonyl (C=O) groups excluding carboxylic acids is 1. The highest BCUT2D eigenvalue weighted by Gasteiger charge is 2.31. The smallest absolute Gasteiger partial charge is 0.223 e. The zero-order valence-corrected chi connectivity index (χ0v) is 12.3. The van der Waals surface area contributed by atoms with Crippen LogP contribution in [0.5, 0.6) is 0 Å². The van der Waals surface area contributed by atoms with Crippen LogP contribution in [0.3, 0.4) is 0 Å². The molecule has 20 heavy (non-hydrogen) atoms.